The van der Waals surface area contributed by atoms with E-state index < -0.39 is 0 Å². The molecule has 0 saturated carbocycles. The minimum absolute atomic E-state index is 0.244. The molecule has 5 nitrogen and oxygen atoms in total. The van der Waals surface area contributed by atoms with Gasteiger partial charge in [0, 0.05) is 17.1 Å². The van der Waals surface area contributed by atoms with Crippen LogP contribution in [0.25, 0.3) is 10.9 Å². The van der Waals surface area contributed by atoms with Crippen LogP contribution >= 0.6 is 0 Å². The van der Waals surface area contributed by atoms with Crippen molar-refractivity contribution in [2.24, 2.45) is 0 Å². The highest BCUT2D eigenvalue weighted by molar-refractivity contribution is 6.08. The molecule has 3 aromatic rings. The highest BCUT2D eigenvalue weighted by Crippen LogP contribution is 2.29. The Hall–Kier alpha value is -3.34. The maximum Gasteiger partial charge on any atom is 0.255 e. The molecule has 1 heterocycles. The number of hydrogen-bond donors (Lipinski definition) is 1. The van der Waals surface area contributed by atoms with Crippen LogP contribution in [0.2, 0.25) is 0 Å². The molecular formula is C20H18N2O3. The molecule has 0 unspecified atom stereocenters. The summed E-state index contributed by atoms with van der Waals surface area (Å²) in [6.07, 6.45) is 3.35. The second-order valence-electron chi connectivity index (χ2n) is 5.30. The SMILES string of the molecule is C=CCOc1ccc(C(=O)Nc2cccc3cccnc23)cc1OC. The Morgan fingerprint density at radius 1 is 1.20 bits per heavy atom. The third kappa shape index (κ3) is 3.61. The first-order chi connectivity index (χ1) is 12.2. The number of para-hydroxylation sites is 1. The zero-order valence-electron chi connectivity index (χ0n) is 13.9. The number of ether oxygens (including phenoxy) is 2. The highest BCUT2D eigenvalue weighted by atomic mass is 16.5. The lowest BCUT2D eigenvalue weighted by atomic mass is 10.1. The second kappa shape index (κ2) is 7.49. The average Bonchev–Trinajstić information content (AvgIpc) is 2.66. The van der Waals surface area contributed by atoms with Crippen molar-refractivity contribution in [2.45, 2.75) is 0 Å². The summed E-state index contributed by atoms with van der Waals surface area (Å²) in [5.41, 5.74) is 1.88. The van der Waals surface area contributed by atoms with Crippen LogP contribution < -0.4 is 14.8 Å². The van der Waals surface area contributed by atoms with Crippen molar-refractivity contribution < 1.29 is 14.3 Å². The summed E-state index contributed by atoms with van der Waals surface area (Å²) in [5, 5.41) is 3.87. The summed E-state index contributed by atoms with van der Waals surface area (Å²) in [6.45, 7) is 3.98. The zero-order valence-corrected chi connectivity index (χ0v) is 13.9. The fourth-order valence-corrected chi connectivity index (χ4v) is 2.48. The van der Waals surface area contributed by atoms with Gasteiger partial charge >= 0.3 is 0 Å². The van der Waals surface area contributed by atoms with Crippen molar-refractivity contribution in [1.82, 2.24) is 4.98 Å². The molecule has 0 fully saturated rings. The molecule has 0 spiro atoms. The number of aromatic nitrogens is 1. The molecule has 0 bridgehead atoms. The van der Waals surface area contributed by atoms with E-state index in [0.29, 0.717) is 29.4 Å². The third-order valence-corrected chi connectivity index (χ3v) is 3.66. The number of fused-ring (bicyclic) bond motifs is 1. The van der Waals surface area contributed by atoms with Crippen LogP contribution in [0, 0.1) is 0 Å². The maximum absolute atomic E-state index is 12.6. The lowest BCUT2D eigenvalue weighted by molar-refractivity contribution is 0.102. The highest BCUT2D eigenvalue weighted by Gasteiger charge is 2.13. The van der Waals surface area contributed by atoms with Crippen LogP contribution in [0.5, 0.6) is 11.5 Å². The van der Waals surface area contributed by atoms with E-state index in [2.05, 4.69) is 16.9 Å². The molecule has 5 heteroatoms. The van der Waals surface area contributed by atoms with Crippen molar-refractivity contribution >= 4 is 22.5 Å². The molecule has 1 amide bonds. The van der Waals surface area contributed by atoms with Gasteiger partial charge in [0.25, 0.3) is 5.91 Å². The first kappa shape index (κ1) is 16.5. The smallest absolute Gasteiger partial charge is 0.255 e. The second-order valence-corrected chi connectivity index (χ2v) is 5.30. The predicted octanol–water partition coefficient (Wildman–Crippen LogP) is 4.06. The Morgan fingerprint density at radius 3 is 2.84 bits per heavy atom. The quantitative estimate of drug-likeness (QED) is 0.691. The molecule has 1 aromatic heterocycles. The number of anilines is 1. The largest absolute Gasteiger partial charge is 0.493 e. The number of nitrogens with zero attached hydrogens (tertiary/aromatic N) is 1. The lowest BCUT2D eigenvalue weighted by Crippen LogP contribution is -2.12. The van der Waals surface area contributed by atoms with Crippen LogP contribution in [-0.2, 0) is 0 Å². The van der Waals surface area contributed by atoms with Gasteiger partial charge in [-0.05, 0) is 30.3 Å². The van der Waals surface area contributed by atoms with E-state index in [1.165, 1.54) is 7.11 Å². The van der Waals surface area contributed by atoms with Crippen molar-refractivity contribution in [3.05, 3.63) is 72.9 Å². The number of rotatable bonds is 6. The molecule has 0 aliphatic carbocycles. The van der Waals surface area contributed by atoms with E-state index in [1.807, 2.05) is 30.3 Å². The molecule has 0 aliphatic heterocycles. The first-order valence-corrected chi connectivity index (χ1v) is 7.79. The third-order valence-electron chi connectivity index (χ3n) is 3.66. The van der Waals surface area contributed by atoms with E-state index >= 15 is 0 Å². The van der Waals surface area contributed by atoms with Gasteiger partial charge in [-0.25, -0.2) is 0 Å². The van der Waals surface area contributed by atoms with E-state index in [4.69, 9.17) is 9.47 Å². The summed E-state index contributed by atoms with van der Waals surface area (Å²) in [5.74, 6) is 0.808. The molecule has 3 rings (SSSR count). The van der Waals surface area contributed by atoms with E-state index in [0.717, 1.165) is 10.9 Å². The van der Waals surface area contributed by atoms with Gasteiger partial charge in [-0.15, -0.1) is 0 Å². The molecular weight excluding hydrogens is 316 g/mol. The van der Waals surface area contributed by atoms with Gasteiger partial charge < -0.3 is 14.8 Å². The summed E-state index contributed by atoms with van der Waals surface area (Å²) >= 11 is 0. The van der Waals surface area contributed by atoms with Gasteiger partial charge in [-0.2, -0.15) is 0 Å². The molecule has 2 aromatic carbocycles. The van der Waals surface area contributed by atoms with Crippen LogP contribution in [0.15, 0.2) is 67.4 Å². The molecule has 0 radical (unpaired) electrons. The number of carbonyl (C=O) groups excluding carboxylic acids is 1. The van der Waals surface area contributed by atoms with E-state index in [-0.39, 0.29) is 5.91 Å². The molecule has 1 N–H and O–H groups in total. The van der Waals surface area contributed by atoms with Crippen molar-refractivity contribution in [1.29, 1.82) is 0 Å². The van der Waals surface area contributed by atoms with Gasteiger partial charge in [0.05, 0.1) is 18.3 Å². The minimum Gasteiger partial charge on any atom is -0.493 e. The Kier molecular flexibility index (Phi) is 4.95. The van der Waals surface area contributed by atoms with Crippen LogP contribution in [-0.4, -0.2) is 24.6 Å². The predicted molar refractivity (Wildman–Crippen MR) is 98.4 cm³/mol. The standard InChI is InChI=1S/C20H18N2O3/c1-3-12-25-17-10-9-15(13-18(17)24-2)20(23)22-16-8-4-6-14-7-5-11-21-19(14)16/h3-11,13H,1,12H2,2H3,(H,22,23). The minimum atomic E-state index is -0.244. The van der Waals surface area contributed by atoms with E-state index in [9.17, 15) is 4.79 Å². The van der Waals surface area contributed by atoms with Crippen LogP contribution in [0.4, 0.5) is 5.69 Å². The van der Waals surface area contributed by atoms with Crippen molar-refractivity contribution in [3.8, 4) is 11.5 Å². The van der Waals surface area contributed by atoms with Crippen molar-refractivity contribution in [2.75, 3.05) is 19.0 Å². The zero-order chi connectivity index (χ0) is 17.6. The van der Waals surface area contributed by atoms with Crippen LogP contribution in [0.3, 0.4) is 0 Å². The number of nitrogens with one attached hydrogen (secondary N) is 1. The van der Waals surface area contributed by atoms with Crippen LogP contribution in [0.1, 0.15) is 10.4 Å². The van der Waals surface area contributed by atoms with Gasteiger partial charge in [-0.1, -0.05) is 30.9 Å². The molecule has 126 valence electrons. The summed E-state index contributed by atoms with van der Waals surface area (Å²) < 4.78 is 10.8. The van der Waals surface area contributed by atoms with Gasteiger partial charge in [0.1, 0.15) is 6.61 Å². The molecule has 25 heavy (non-hydrogen) atoms. The topological polar surface area (TPSA) is 60.5 Å². The maximum atomic E-state index is 12.6. The number of pyridine rings is 1. The summed E-state index contributed by atoms with van der Waals surface area (Å²) in [4.78, 5) is 16.9. The number of amides is 1. The number of hydrogen-bond acceptors (Lipinski definition) is 4. The Balaban J connectivity index is 1.86. The van der Waals surface area contributed by atoms with Gasteiger partial charge in [0.2, 0.25) is 0 Å². The Morgan fingerprint density at radius 2 is 2.04 bits per heavy atom. The lowest BCUT2D eigenvalue weighted by Gasteiger charge is -2.12. The van der Waals surface area contributed by atoms with Gasteiger partial charge in [0.15, 0.2) is 11.5 Å². The Bertz CT molecular complexity index is 916. The molecule has 0 atom stereocenters. The average molecular weight is 334 g/mol. The van der Waals surface area contributed by atoms with Crippen molar-refractivity contribution in [3.63, 3.8) is 0 Å². The number of benzene rings is 2. The van der Waals surface area contributed by atoms with E-state index in [1.54, 1.807) is 30.5 Å². The molecule has 0 aliphatic rings. The summed E-state index contributed by atoms with van der Waals surface area (Å²) in [6, 6.07) is 14.5. The fourth-order valence-electron chi connectivity index (χ4n) is 2.48. The first-order valence-electron chi connectivity index (χ1n) is 7.79. The Labute approximate surface area is 145 Å². The summed E-state index contributed by atoms with van der Waals surface area (Å²) in [7, 11) is 1.53. The fraction of sp³-hybridized carbons (Fsp3) is 0.100. The normalized spacial score (nSPS) is 10.3. The molecule has 0 saturated heterocycles. The van der Waals surface area contributed by atoms with Gasteiger partial charge in [-0.3, -0.25) is 9.78 Å². The number of methoxy groups -OCH3 is 1. The monoisotopic (exact) mass is 334 g/mol. The number of carbonyl (C=O) groups is 1.